The van der Waals surface area contributed by atoms with E-state index in [0.29, 0.717) is 22.0 Å². The van der Waals surface area contributed by atoms with Gasteiger partial charge in [-0.3, -0.25) is 9.59 Å². The van der Waals surface area contributed by atoms with E-state index in [1.54, 1.807) is 37.3 Å². The molecule has 3 rings (SSSR count). The van der Waals surface area contributed by atoms with E-state index in [4.69, 9.17) is 4.74 Å². The lowest BCUT2D eigenvalue weighted by molar-refractivity contribution is -0.130. The van der Waals surface area contributed by atoms with Crippen molar-refractivity contribution in [1.82, 2.24) is 5.32 Å². The van der Waals surface area contributed by atoms with Gasteiger partial charge in [-0.25, -0.2) is 4.79 Å². The molecule has 0 radical (unpaired) electrons. The number of carbonyl (C=O) groups excluding carboxylic acids is 3. The van der Waals surface area contributed by atoms with Gasteiger partial charge in [-0.15, -0.1) is 11.3 Å². The fourth-order valence-corrected chi connectivity index (χ4v) is 4.02. The van der Waals surface area contributed by atoms with Gasteiger partial charge in [0.1, 0.15) is 0 Å². The molecule has 1 aromatic heterocycles. The largest absolute Gasteiger partial charge is 0.449 e. The summed E-state index contributed by atoms with van der Waals surface area (Å²) in [6.07, 6.45) is 3.51. The van der Waals surface area contributed by atoms with E-state index >= 15 is 0 Å². The van der Waals surface area contributed by atoms with Gasteiger partial charge in [0.15, 0.2) is 6.10 Å². The lowest BCUT2D eigenvalue weighted by Gasteiger charge is -2.30. The van der Waals surface area contributed by atoms with Crippen molar-refractivity contribution in [3.05, 3.63) is 52.2 Å². The van der Waals surface area contributed by atoms with Crippen LogP contribution in [0.4, 0.5) is 5.69 Å². The first kappa shape index (κ1) is 21.0. The standard InChI is InChI=1S/C22H26N2O4S/c1-14-6-3-4-7-18(14)24-20(25)15(2)28-22(27)16-9-11-17(12-10-16)23-21(26)19-8-5-13-29-19/h5,8-15,18H,3-4,6-7H2,1-2H3,(H,23,26)(H,24,25)/t14-,15+,18+/m1/s1. The highest BCUT2D eigenvalue weighted by Crippen LogP contribution is 2.24. The Morgan fingerprint density at radius 3 is 2.48 bits per heavy atom. The zero-order valence-electron chi connectivity index (χ0n) is 16.6. The molecule has 1 saturated carbocycles. The summed E-state index contributed by atoms with van der Waals surface area (Å²) in [5, 5.41) is 7.61. The number of amides is 2. The fraction of sp³-hybridized carbons (Fsp3) is 0.409. The van der Waals surface area contributed by atoms with Crippen LogP contribution in [0.2, 0.25) is 0 Å². The van der Waals surface area contributed by atoms with Crippen LogP contribution in [0.15, 0.2) is 41.8 Å². The molecule has 0 spiro atoms. The monoisotopic (exact) mass is 414 g/mol. The third-order valence-electron chi connectivity index (χ3n) is 5.22. The van der Waals surface area contributed by atoms with E-state index in [2.05, 4.69) is 17.6 Å². The number of esters is 1. The summed E-state index contributed by atoms with van der Waals surface area (Å²) < 4.78 is 5.32. The quantitative estimate of drug-likeness (QED) is 0.693. The van der Waals surface area contributed by atoms with Gasteiger partial charge in [0, 0.05) is 11.7 Å². The van der Waals surface area contributed by atoms with Crippen LogP contribution in [-0.4, -0.2) is 29.9 Å². The van der Waals surface area contributed by atoms with Crippen LogP contribution in [0.1, 0.15) is 59.6 Å². The fourth-order valence-electron chi connectivity index (χ4n) is 3.40. The van der Waals surface area contributed by atoms with Crippen LogP contribution in [0, 0.1) is 5.92 Å². The first-order chi connectivity index (χ1) is 13.9. The average molecular weight is 415 g/mol. The number of ether oxygens (including phenoxy) is 1. The average Bonchev–Trinajstić information content (AvgIpc) is 3.25. The zero-order chi connectivity index (χ0) is 20.8. The second-order valence-corrected chi connectivity index (χ2v) is 8.38. The van der Waals surface area contributed by atoms with E-state index in [1.165, 1.54) is 17.8 Å². The maximum absolute atomic E-state index is 12.4. The highest BCUT2D eigenvalue weighted by Gasteiger charge is 2.26. The molecule has 2 N–H and O–H groups in total. The van der Waals surface area contributed by atoms with Crippen LogP contribution in [-0.2, 0) is 9.53 Å². The van der Waals surface area contributed by atoms with Crippen molar-refractivity contribution in [2.75, 3.05) is 5.32 Å². The smallest absolute Gasteiger partial charge is 0.338 e. The number of hydrogen-bond acceptors (Lipinski definition) is 5. The highest BCUT2D eigenvalue weighted by molar-refractivity contribution is 7.12. The molecule has 1 fully saturated rings. The molecule has 0 unspecified atom stereocenters. The maximum Gasteiger partial charge on any atom is 0.338 e. The highest BCUT2D eigenvalue weighted by atomic mass is 32.1. The van der Waals surface area contributed by atoms with Gasteiger partial charge in [0.25, 0.3) is 11.8 Å². The summed E-state index contributed by atoms with van der Waals surface area (Å²) >= 11 is 1.36. The topological polar surface area (TPSA) is 84.5 Å². The van der Waals surface area contributed by atoms with Crippen LogP contribution >= 0.6 is 11.3 Å². The van der Waals surface area contributed by atoms with Crippen LogP contribution in [0.25, 0.3) is 0 Å². The van der Waals surface area contributed by atoms with Crippen molar-refractivity contribution in [2.24, 2.45) is 5.92 Å². The van der Waals surface area contributed by atoms with E-state index < -0.39 is 12.1 Å². The number of hydrogen-bond donors (Lipinski definition) is 2. The van der Waals surface area contributed by atoms with Crippen LogP contribution < -0.4 is 10.6 Å². The Morgan fingerprint density at radius 2 is 1.83 bits per heavy atom. The van der Waals surface area contributed by atoms with Crippen molar-refractivity contribution in [3.8, 4) is 0 Å². The Hall–Kier alpha value is -2.67. The molecule has 1 aromatic carbocycles. The van der Waals surface area contributed by atoms with E-state index in [0.717, 1.165) is 19.3 Å². The number of anilines is 1. The van der Waals surface area contributed by atoms with Crippen molar-refractivity contribution < 1.29 is 19.1 Å². The Labute approximate surface area is 174 Å². The predicted molar refractivity (Wildman–Crippen MR) is 113 cm³/mol. The molecule has 1 heterocycles. The minimum atomic E-state index is -0.866. The van der Waals surface area contributed by atoms with Crippen LogP contribution in [0.5, 0.6) is 0 Å². The Bertz CT molecular complexity index is 848. The molecule has 0 bridgehead atoms. The molecule has 3 atom stereocenters. The Balaban J connectivity index is 1.51. The van der Waals surface area contributed by atoms with Gasteiger partial charge in [-0.2, -0.15) is 0 Å². The first-order valence-corrected chi connectivity index (χ1v) is 10.8. The van der Waals surface area contributed by atoms with E-state index in [1.807, 2.05) is 11.4 Å². The molecule has 0 aliphatic heterocycles. The summed E-state index contributed by atoms with van der Waals surface area (Å²) in [5.74, 6) is -0.595. The molecule has 29 heavy (non-hydrogen) atoms. The molecular weight excluding hydrogens is 388 g/mol. The number of benzene rings is 1. The summed E-state index contributed by atoms with van der Waals surface area (Å²) in [7, 11) is 0. The summed E-state index contributed by atoms with van der Waals surface area (Å²) in [6, 6.07) is 10.1. The minimum absolute atomic E-state index is 0.142. The predicted octanol–water partition coefficient (Wildman–Crippen LogP) is 4.24. The van der Waals surface area contributed by atoms with Crippen molar-refractivity contribution in [3.63, 3.8) is 0 Å². The molecule has 0 saturated heterocycles. The molecule has 7 heteroatoms. The second-order valence-electron chi connectivity index (χ2n) is 7.43. The molecule has 2 aromatic rings. The molecule has 2 amide bonds. The number of thiophene rings is 1. The molecular formula is C22H26N2O4S. The SMILES string of the molecule is C[C@H](OC(=O)c1ccc(NC(=O)c2cccs2)cc1)C(=O)N[C@H]1CCCC[C@H]1C. The third kappa shape index (κ3) is 5.67. The van der Waals surface area contributed by atoms with Gasteiger partial charge in [0.2, 0.25) is 0 Å². The van der Waals surface area contributed by atoms with Crippen molar-refractivity contribution >= 4 is 34.8 Å². The minimum Gasteiger partial charge on any atom is -0.449 e. The molecule has 1 aliphatic rings. The van der Waals surface area contributed by atoms with E-state index in [-0.39, 0.29) is 17.9 Å². The Kier molecular flexibility index (Phi) is 7.04. The maximum atomic E-state index is 12.4. The summed E-state index contributed by atoms with van der Waals surface area (Å²) in [6.45, 7) is 3.72. The number of nitrogens with one attached hydrogen (secondary N) is 2. The zero-order valence-corrected chi connectivity index (χ0v) is 17.5. The lowest BCUT2D eigenvalue weighted by atomic mass is 9.86. The number of carbonyl (C=O) groups is 3. The van der Waals surface area contributed by atoms with Gasteiger partial charge < -0.3 is 15.4 Å². The lowest BCUT2D eigenvalue weighted by Crippen LogP contribution is -2.45. The van der Waals surface area contributed by atoms with Gasteiger partial charge in [-0.1, -0.05) is 25.8 Å². The first-order valence-electron chi connectivity index (χ1n) is 9.90. The second kappa shape index (κ2) is 9.69. The van der Waals surface area contributed by atoms with Crippen molar-refractivity contribution in [1.29, 1.82) is 0 Å². The van der Waals surface area contributed by atoms with Crippen LogP contribution in [0.3, 0.4) is 0 Å². The van der Waals surface area contributed by atoms with Gasteiger partial charge in [0.05, 0.1) is 10.4 Å². The van der Waals surface area contributed by atoms with Gasteiger partial charge in [-0.05, 0) is 61.4 Å². The van der Waals surface area contributed by atoms with Crippen molar-refractivity contribution in [2.45, 2.75) is 51.7 Å². The third-order valence-corrected chi connectivity index (χ3v) is 6.08. The molecule has 6 nitrogen and oxygen atoms in total. The molecule has 1 aliphatic carbocycles. The Morgan fingerprint density at radius 1 is 1.10 bits per heavy atom. The van der Waals surface area contributed by atoms with Gasteiger partial charge >= 0.3 is 5.97 Å². The normalized spacial score (nSPS) is 19.8. The summed E-state index contributed by atoms with van der Waals surface area (Å²) in [4.78, 5) is 37.4. The number of rotatable bonds is 6. The summed E-state index contributed by atoms with van der Waals surface area (Å²) in [5.41, 5.74) is 0.904. The molecule has 154 valence electrons. The van der Waals surface area contributed by atoms with E-state index in [9.17, 15) is 14.4 Å².